The van der Waals surface area contributed by atoms with Gasteiger partial charge < -0.3 is 13.9 Å². The molecule has 1 aliphatic rings. The van der Waals surface area contributed by atoms with E-state index < -0.39 is 25.1 Å². The van der Waals surface area contributed by atoms with Gasteiger partial charge in [-0.25, -0.2) is 0 Å². The van der Waals surface area contributed by atoms with Gasteiger partial charge in [-0.2, -0.15) is 0 Å². The third-order valence-corrected chi connectivity index (χ3v) is 9.78. The Morgan fingerprint density at radius 1 is 1.15 bits per heavy atom. The molecule has 27 heavy (non-hydrogen) atoms. The van der Waals surface area contributed by atoms with Gasteiger partial charge in [0, 0.05) is 0 Å². The normalized spacial score (nSPS) is 20.9. The lowest BCUT2D eigenvalue weighted by Gasteiger charge is -2.37. The van der Waals surface area contributed by atoms with E-state index in [4.69, 9.17) is 13.9 Å². The van der Waals surface area contributed by atoms with Gasteiger partial charge in [-0.05, 0) is 50.9 Å². The smallest absolute Gasteiger partial charge is 0.323 e. The van der Waals surface area contributed by atoms with Crippen LogP contribution in [-0.4, -0.2) is 40.6 Å². The van der Waals surface area contributed by atoms with Crippen LogP contribution in [0, 0.1) is 10.8 Å². The van der Waals surface area contributed by atoms with Gasteiger partial charge in [-0.15, -0.1) is 0 Å². The van der Waals surface area contributed by atoms with Crippen molar-refractivity contribution in [2.24, 2.45) is 10.8 Å². The van der Waals surface area contributed by atoms with Gasteiger partial charge in [-0.3, -0.25) is 9.59 Å². The summed E-state index contributed by atoms with van der Waals surface area (Å²) in [5.74, 6) is -0.790. The molecule has 0 saturated carbocycles. The van der Waals surface area contributed by atoms with E-state index in [0.717, 1.165) is 5.57 Å². The zero-order valence-electron chi connectivity index (χ0n) is 18.4. The number of carbonyl (C=O) groups excluding carboxylic acids is 2. The third-order valence-electron chi connectivity index (χ3n) is 5.30. The Labute approximate surface area is 165 Å². The molecule has 6 heteroatoms. The quantitative estimate of drug-likeness (QED) is 0.372. The SMILES string of the molecule is COC(=O)C1(COC(=O)C(C)(C)C)C=CCC(CO[Si](C)(C)C(C)(C)C)=C1. The van der Waals surface area contributed by atoms with E-state index in [1.807, 2.05) is 12.2 Å². The lowest BCUT2D eigenvalue weighted by atomic mass is 9.82. The van der Waals surface area contributed by atoms with Crippen LogP contribution in [0.3, 0.4) is 0 Å². The first kappa shape index (κ1) is 23.6. The average molecular weight is 397 g/mol. The van der Waals surface area contributed by atoms with Crippen molar-refractivity contribution in [2.45, 2.75) is 66.1 Å². The van der Waals surface area contributed by atoms with Crippen LogP contribution in [-0.2, 0) is 23.5 Å². The van der Waals surface area contributed by atoms with Crippen LogP contribution in [0.4, 0.5) is 0 Å². The molecule has 154 valence electrons. The van der Waals surface area contributed by atoms with Crippen LogP contribution in [0.5, 0.6) is 0 Å². The minimum Gasteiger partial charge on any atom is -0.468 e. The highest BCUT2D eigenvalue weighted by Gasteiger charge is 2.41. The zero-order chi connectivity index (χ0) is 21.1. The number of esters is 2. The van der Waals surface area contributed by atoms with Crippen LogP contribution in [0.1, 0.15) is 48.0 Å². The molecule has 5 nitrogen and oxygen atoms in total. The number of allylic oxidation sites excluding steroid dienone is 1. The molecule has 0 fully saturated rings. The Morgan fingerprint density at radius 3 is 2.22 bits per heavy atom. The fraction of sp³-hybridized carbons (Fsp3) is 0.714. The maximum Gasteiger partial charge on any atom is 0.323 e. The predicted octanol–water partition coefficient (Wildman–Crippen LogP) is 4.64. The van der Waals surface area contributed by atoms with E-state index in [2.05, 4.69) is 33.9 Å². The third kappa shape index (κ3) is 6.04. The van der Waals surface area contributed by atoms with E-state index in [0.29, 0.717) is 13.0 Å². The molecule has 0 radical (unpaired) electrons. The van der Waals surface area contributed by atoms with Crippen LogP contribution in [0.2, 0.25) is 18.1 Å². The van der Waals surface area contributed by atoms with Gasteiger partial charge in [0.2, 0.25) is 0 Å². The summed E-state index contributed by atoms with van der Waals surface area (Å²) in [4.78, 5) is 24.7. The largest absolute Gasteiger partial charge is 0.468 e. The Bertz CT molecular complexity index is 619. The van der Waals surface area contributed by atoms with E-state index >= 15 is 0 Å². The molecule has 1 unspecified atom stereocenters. The van der Waals surface area contributed by atoms with Gasteiger partial charge in [0.05, 0.1) is 19.1 Å². The topological polar surface area (TPSA) is 61.8 Å². The monoisotopic (exact) mass is 396 g/mol. The van der Waals surface area contributed by atoms with Crippen molar-refractivity contribution in [3.63, 3.8) is 0 Å². The number of carbonyl (C=O) groups is 2. The van der Waals surface area contributed by atoms with E-state index in [9.17, 15) is 9.59 Å². The van der Waals surface area contributed by atoms with Crippen molar-refractivity contribution in [1.82, 2.24) is 0 Å². The fourth-order valence-electron chi connectivity index (χ4n) is 2.35. The van der Waals surface area contributed by atoms with Crippen LogP contribution in [0.25, 0.3) is 0 Å². The van der Waals surface area contributed by atoms with Crippen molar-refractivity contribution < 1.29 is 23.5 Å². The summed E-state index contributed by atoms with van der Waals surface area (Å²) in [6, 6.07) is 0. The van der Waals surface area contributed by atoms with Gasteiger partial charge in [0.1, 0.15) is 12.0 Å². The summed E-state index contributed by atoms with van der Waals surface area (Å²) in [5.41, 5.74) is -0.729. The van der Waals surface area contributed by atoms with Gasteiger partial charge in [0.25, 0.3) is 0 Å². The molecule has 1 atom stereocenters. The standard InChI is InChI=1S/C21H36O5Si/c1-19(2,3)17(22)25-15-21(18(23)24-7)12-10-11-16(13-21)14-26-27(8,9)20(4,5)6/h10,12-13H,11,14-15H2,1-9H3. The van der Waals surface area contributed by atoms with Gasteiger partial charge in [0.15, 0.2) is 8.32 Å². The lowest BCUT2D eigenvalue weighted by molar-refractivity contribution is -0.160. The molecule has 0 aromatic heterocycles. The van der Waals surface area contributed by atoms with Crippen molar-refractivity contribution in [2.75, 3.05) is 20.3 Å². The number of hydrogen-bond donors (Lipinski definition) is 0. The lowest BCUT2D eigenvalue weighted by Crippen LogP contribution is -2.42. The van der Waals surface area contributed by atoms with Gasteiger partial charge >= 0.3 is 11.9 Å². The fourth-order valence-corrected chi connectivity index (χ4v) is 3.33. The van der Waals surface area contributed by atoms with Crippen molar-refractivity contribution in [3.8, 4) is 0 Å². The molecular formula is C21H36O5Si. The molecule has 1 rings (SSSR count). The number of ether oxygens (including phenoxy) is 2. The Hall–Kier alpha value is -1.40. The molecule has 1 aliphatic carbocycles. The summed E-state index contributed by atoms with van der Waals surface area (Å²) >= 11 is 0. The van der Waals surface area contributed by atoms with E-state index in [1.165, 1.54) is 7.11 Å². The molecule has 0 saturated heterocycles. The summed E-state index contributed by atoms with van der Waals surface area (Å²) in [6.07, 6.45) is 6.25. The maximum absolute atomic E-state index is 12.5. The summed E-state index contributed by atoms with van der Waals surface area (Å²) in [7, 11) is -0.553. The zero-order valence-corrected chi connectivity index (χ0v) is 19.4. The van der Waals surface area contributed by atoms with Crippen molar-refractivity contribution in [1.29, 1.82) is 0 Å². The first-order chi connectivity index (χ1) is 12.1. The summed E-state index contributed by atoms with van der Waals surface area (Å²) < 4.78 is 16.8. The highest BCUT2D eigenvalue weighted by Crippen LogP contribution is 2.38. The van der Waals surface area contributed by atoms with Crippen LogP contribution < -0.4 is 0 Å². The molecule has 0 bridgehead atoms. The van der Waals surface area contributed by atoms with E-state index in [1.54, 1.807) is 26.8 Å². The second kappa shape index (κ2) is 8.31. The van der Waals surface area contributed by atoms with Crippen LogP contribution in [0.15, 0.2) is 23.8 Å². The molecule has 0 aromatic rings. The summed E-state index contributed by atoms with van der Waals surface area (Å²) in [6.45, 7) is 16.7. The number of rotatable bonds is 6. The Morgan fingerprint density at radius 2 is 1.74 bits per heavy atom. The van der Waals surface area contributed by atoms with Crippen molar-refractivity contribution >= 4 is 20.3 Å². The van der Waals surface area contributed by atoms with Crippen LogP contribution >= 0.6 is 0 Å². The molecule has 0 aliphatic heterocycles. The van der Waals surface area contributed by atoms with Gasteiger partial charge in [-0.1, -0.05) is 39.0 Å². The molecule has 0 spiro atoms. The maximum atomic E-state index is 12.5. The molecular weight excluding hydrogens is 360 g/mol. The second-order valence-electron chi connectivity index (χ2n) is 9.82. The number of hydrogen-bond acceptors (Lipinski definition) is 5. The molecule has 0 amide bonds. The predicted molar refractivity (Wildman–Crippen MR) is 110 cm³/mol. The molecule has 0 heterocycles. The molecule has 0 aromatic carbocycles. The highest BCUT2D eigenvalue weighted by atomic mass is 28.4. The van der Waals surface area contributed by atoms with E-state index in [-0.39, 0.29) is 17.6 Å². The first-order valence-electron chi connectivity index (χ1n) is 9.42. The minimum atomic E-state index is -1.90. The first-order valence-corrected chi connectivity index (χ1v) is 12.3. The second-order valence-corrected chi connectivity index (χ2v) is 14.6. The van der Waals surface area contributed by atoms with Crippen molar-refractivity contribution in [3.05, 3.63) is 23.8 Å². The average Bonchev–Trinajstić information content (AvgIpc) is 2.55. The highest BCUT2D eigenvalue weighted by molar-refractivity contribution is 6.74. The Balaban J connectivity index is 3.00. The number of methoxy groups -OCH3 is 1. The minimum absolute atomic E-state index is 0.0735. The Kier molecular flexibility index (Phi) is 7.27. The molecule has 0 N–H and O–H groups in total. The summed E-state index contributed by atoms with van der Waals surface area (Å²) in [5, 5.41) is 0.111.